The summed E-state index contributed by atoms with van der Waals surface area (Å²) in [6.07, 6.45) is 7.41. The third-order valence-corrected chi connectivity index (χ3v) is 19.4. The van der Waals surface area contributed by atoms with Gasteiger partial charge in [-0.2, -0.15) is 0 Å². The van der Waals surface area contributed by atoms with Gasteiger partial charge in [0.05, 0.1) is 44.7 Å². The molecule has 83 heavy (non-hydrogen) atoms. The van der Waals surface area contributed by atoms with Crippen LogP contribution in [0.4, 0.5) is 0 Å². The van der Waals surface area contributed by atoms with Crippen LogP contribution in [0.5, 0.6) is 0 Å². The number of thiophene rings is 2. The molecule has 7 aromatic heterocycles. The van der Waals surface area contributed by atoms with Crippen LogP contribution in [-0.4, -0.2) is 48.2 Å². The molecule has 16 aromatic rings. The predicted molar refractivity (Wildman–Crippen MR) is 348 cm³/mol. The van der Waals surface area contributed by atoms with Crippen molar-refractivity contribution >= 4 is 141 Å². The van der Waals surface area contributed by atoms with E-state index in [1.165, 1.54) is 67.3 Å². The first-order valence-corrected chi connectivity index (χ1v) is 29.5. The minimum atomic E-state index is -0.372. The summed E-state index contributed by atoms with van der Waals surface area (Å²) in [6, 6.07) is 70.4. The maximum atomic E-state index is 6.26. The fourth-order valence-corrected chi connectivity index (χ4v) is 14.6. The van der Waals surface area contributed by atoms with Crippen molar-refractivity contribution in [3.05, 3.63) is 225 Å². The zero-order valence-corrected chi connectivity index (χ0v) is 47.4. The second kappa shape index (κ2) is 19.1. The number of pyridine rings is 4. The van der Waals surface area contributed by atoms with Crippen LogP contribution >= 0.6 is 22.7 Å². The minimum absolute atomic E-state index is 0.359. The van der Waals surface area contributed by atoms with Gasteiger partial charge in [0, 0.05) is 130 Å². The maximum absolute atomic E-state index is 6.26. The predicted octanol–water partition coefficient (Wildman–Crippen LogP) is 18.4. The smallest absolute Gasteiger partial charge is 0.399 e. The standard InChI is InChI=1S/C41H23N5S.C31H26BNO2S/c1-3-11-34-31(9-1)36-32(18-17-30-28-8-2-4-12-35(28)47-40(30)36)37(46-34)24-13-15-25(16-14-24)41-44-22-27(23-45-41)33-21-26-7-5-19-42-38(26)39-29(33)10-6-20-43-39;1-30(2)31(3,4)35-32(34-30)20-15-13-19(14-16-20)28-24-18-17-22-21-9-6-8-12-26(21)36-29(22)27(24)23-10-5-7-11-25(23)33-28/h1-23H;5-18H,1-4H3. The lowest BCUT2D eigenvalue weighted by molar-refractivity contribution is 0.00578. The molecule has 1 aliphatic heterocycles. The Morgan fingerprint density at radius 1 is 0.386 bits per heavy atom. The molecule has 0 radical (unpaired) electrons. The molecule has 0 aliphatic carbocycles. The number of hydrogen-bond donors (Lipinski definition) is 0. The number of aromatic nitrogens is 6. The van der Waals surface area contributed by atoms with Gasteiger partial charge in [-0.15, -0.1) is 22.7 Å². The Kier molecular flexibility index (Phi) is 11.4. The lowest BCUT2D eigenvalue weighted by Crippen LogP contribution is -2.41. The van der Waals surface area contributed by atoms with Crippen LogP contribution in [0.1, 0.15) is 27.7 Å². The second-order valence-electron chi connectivity index (χ2n) is 22.4. The van der Waals surface area contributed by atoms with Gasteiger partial charge in [0.15, 0.2) is 5.82 Å². The van der Waals surface area contributed by atoms with Crippen molar-refractivity contribution in [1.82, 2.24) is 29.9 Å². The number of para-hydroxylation sites is 2. The summed E-state index contributed by atoms with van der Waals surface area (Å²) in [7, 11) is -0.372. The Hall–Kier alpha value is -9.36. The number of benzene rings is 9. The van der Waals surface area contributed by atoms with E-state index in [1.54, 1.807) is 0 Å². The monoisotopic (exact) mass is 1100 g/mol. The first-order chi connectivity index (χ1) is 40.6. The molecule has 8 heterocycles. The fourth-order valence-electron chi connectivity index (χ4n) is 12.1. The van der Waals surface area contributed by atoms with Crippen molar-refractivity contribution in [2.45, 2.75) is 38.9 Å². The lowest BCUT2D eigenvalue weighted by atomic mass is 9.78. The molecule has 17 rings (SSSR count). The van der Waals surface area contributed by atoms with Gasteiger partial charge in [-0.3, -0.25) is 9.97 Å². The van der Waals surface area contributed by atoms with Gasteiger partial charge in [0.2, 0.25) is 0 Å². The summed E-state index contributed by atoms with van der Waals surface area (Å²) in [5, 5.41) is 14.5. The third kappa shape index (κ3) is 8.09. The van der Waals surface area contributed by atoms with Crippen molar-refractivity contribution < 1.29 is 9.31 Å². The highest BCUT2D eigenvalue weighted by Crippen LogP contribution is 2.46. The van der Waals surface area contributed by atoms with Gasteiger partial charge in [-0.25, -0.2) is 19.9 Å². The van der Waals surface area contributed by atoms with E-state index in [0.29, 0.717) is 5.82 Å². The largest absolute Gasteiger partial charge is 0.494 e. The molecular weight excluding hydrogens is 1060 g/mol. The van der Waals surface area contributed by atoms with Crippen LogP contribution in [0.15, 0.2) is 225 Å². The van der Waals surface area contributed by atoms with Crippen molar-refractivity contribution in [2.24, 2.45) is 0 Å². The fraction of sp³-hybridized carbons (Fsp3) is 0.0833. The molecule has 0 atom stereocenters. The second-order valence-corrected chi connectivity index (χ2v) is 24.5. The van der Waals surface area contributed by atoms with Crippen molar-refractivity contribution in [3.63, 3.8) is 0 Å². The summed E-state index contributed by atoms with van der Waals surface area (Å²) < 4.78 is 17.8. The normalized spacial score (nSPS) is 14.1. The van der Waals surface area contributed by atoms with E-state index in [4.69, 9.17) is 29.2 Å². The Morgan fingerprint density at radius 2 is 0.843 bits per heavy atom. The molecule has 0 saturated carbocycles. The lowest BCUT2D eigenvalue weighted by Gasteiger charge is -2.32. The Balaban J connectivity index is 0.000000141. The van der Waals surface area contributed by atoms with E-state index in [1.807, 2.05) is 59.6 Å². The first-order valence-electron chi connectivity index (χ1n) is 27.9. The van der Waals surface area contributed by atoms with Gasteiger partial charge in [-0.05, 0) is 81.2 Å². The molecule has 8 nitrogen and oxygen atoms in total. The quantitative estimate of drug-likeness (QED) is 0.124. The van der Waals surface area contributed by atoms with E-state index >= 15 is 0 Å². The minimum Gasteiger partial charge on any atom is -0.399 e. The summed E-state index contributed by atoms with van der Waals surface area (Å²) in [4.78, 5) is 29.2. The van der Waals surface area contributed by atoms with Crippen LogP contribution in [0.2, 0.25) is 0 Å². The highest BCUT2D eigenvalue weighted by atomic mass is 32.1. The molecule has 1 aliphatic rings. The average molecular weight is 1110 g/mol. The van der Waals surface area contributed by atoms with Gasteiger partial charge < -0.3 is 9.31 Å². The number of nitrogens with zero attached hydrogens (tertiary/aromatic N) is 6. The molecular formula is C72H49BN6O2S2. The van der Waals surface area contributed by atoms with Gasteiger partial charge >= 0.3 is 7.12 Å². The number of fused-ring (bicyclic) bond motifs is 17. The van der Waals surface area contributed by atoms with Gasteiger partial charge in [0.1, 0.15) is 0 Å². The van der Waals surface area contributed by atoms with Crippen LogP contribution in [0.25, 0.3) is 151 Å². The number of hydrogen-bond acceptors (Lipinski definition) is 10. The van der Waals surface area contributed by atoms with Crippen molar-refractivity contribution in [2.75, 3.05) is 0 Å². The highest BCUT2D eigenvalue weighted by molar-refractivity contribution is 7.27. The molecule has 1 saturated heterocycles. The van der Waals surface area contributed by atoms with E-state index in [-0.39, 0.29) is 18.3 Å². The molecule has 0 N–H and O–H groups in total. The van der Waals surface area contributed by atoms with Gasteiger partial charge in [0.25, 0.3) is 0 Å². The zero-order valence-electron chi connectivity index (χ0n) is 45.8. The van der Waals surface area contributed by atoms with Crippen LogP contribution in [-0.2, 0) is 9.31 Å². The molecule has 0 unspecified atom stereocenters. The SMILES string of the molecule is CC1(C)OB(c2ccc(-c3nc4ccccc4c4c3ccc3c5ccccc5sc34)cc2)OC1(C)C.c1cnc2c(c1)cc(-c1cnc(-c3ccc(-c4nc5ccccc5c5c4ccc4c6ccccc6sc45)cc3)nc1)c1cccnc12. The molecule has 394 valence electrons. The number of rotatable bonds is 5. The van der Waals surface area contributed by atoms with Crippen LogP contribution in [0, 0.1) is 0 Å². The summed E-state index contributed by atoms with van der Waals surface area (Å²) in [5.74, 6) is 0.675. The molecule has 1 fully saturated rings. The summed E-state index contributed by atoms with van der Waals surface area (Å²) in [6.45, 7) is 8.34. The first kappa shape index (κ1) is 49.5. The average Bonchev–Trinajstić information content (AvgIpc) is 4.42. The van der Waals surface area contributed by atoms with Crippen molar-refractivity contribution in [1.29, 1.82) is 0 Å². The van der Waals surface area contributed by atoms with E-state index in [0.717, 1.165) is 82.9 Å². The summed E-state index contributed by atoms with van der Waals surface area (Å²) >= 11 is 3.73. The molecule has 0 amide bonds. The van der Waals surface area contributed by atoms with E-state index < -0.39 is 0 Å². The molecule has 0 bridgehead atoms. The zero-order chi connectivity index (χ0) is 55.6. The summed E-state index contributed by atoms with van der Waals surface area (Å²) in [5.41, 5.74) is 11.1. The Bertz CT molecular complexity index is 5280. The maximum Gasteiger partial charge on any atom is 0.494 e. The van der Waals surface area contributed by atoms with Crippen molar-refractivity contribution in [3.8, 4) is 45.0 Å². The van der Waals surface area contributed by atoms with Gasteiger partial charge in [-0.1, -0.05) is 158 Å². The molecule has 0 spiro atoms. The topological polar surface area (TPSA) is 95.8 Å². The Labute approximate surface area is 485 Å². The van der Waals surface area contributed by atoms with Crippen LogP contribution < -0.4 is 5.46 Å². The highest BCUT2D eigenvalue weighted by Gasteiger charge is 2.51. The van der Waals surface area contributed by atoms with E-state index in [2.05, 4.69) is 226 Å². The Morgan fingerprint density at radius 3 is 1.41 bits per heavy atom. The third-order valence-electron chi connectivity index (χ3n) is 17.0. The molecule has 11 heteroatoms. The van der Waals surface area contributed by atoms with E-state index in [9.17, 15) is 0 Å². The van der Waals surface area contributed by atoms with Crippen LogP contribution in [0.3, 0.4) is 0 Å². The molecule has 9 aromatic carbocycles.